The summed E-state index contributed by atoms with van der Waals surface area (Å²) in [4.78, 5) is 11.0. The number of nitrogen functional groups attached to an aromatic ring is 1. The predicted octanol–water partition coefficient (Wildman–Crippen LogP) is 1.38. The van der Waals surface area contributed by atoms with E-state index >= 15 is 0 Å². The zero-order valence-electron chi connectivity index (χ0n) is 9.32. The zero-order chi connectivity index (χ0) is 11.6. The van der Waals surface area contributed by atoms with Crippen LogP contribution in [-0.4, -0.2) is 20.9 Å². The molecule has 0 unspecified atom stereocenters. The minimum atomic E-state index is -1.02. The van der Waals surface area contributed by atoms with Gasteiger partial charge in [-0.15, -0.1) is 0 Å². The maximum atomic E-state index is 11.0. The maximum Gasteiger partial charge on any atom is 0.356 e. The summed E-state index contributed by atoms with van der Waals surface area (Å²) >= 11 is 0. The molecule has 0 aromatic carbocycles. The van der Waals surface area contributed by atoms with Crippen molar-refractivity contribution in [2.75, 3.05) is 5.73 Å². The predicted molar refractivity (Wildman–Crippen MR) is 57.8 cm³/mol. The third-order valence-corrected chi connectivity index (χ3v) is 2.17. The van der Waals surface area contributed by atoms with Crippen LogP contribution in [0.5, 0.6) is 0 Å². The van der Waals surface area contributed by atoms with Gasteiger partial charge in [0.05, 0.1) is 11.4 Å². The first-order chi connectivity index (χ1) is 6.97. The van der Waals surface area contributed by atoms with Crippen molar-refractivity contribution in [3.05, 3.63) is 11.4 Å². The normalized spacial score (nSPS) is 10.9. The molecule has 0 atom stereocenters. The first kappa shape index (κ1) is 11.6. The fraction of sp³-hybridized carbons (Fsp3) is 0.600. The Morgan fingerprint density at radius 3 is 2.53 bits per heavy atom. The van der Waals surface area contributed by atoms with E-state index in [1.165, 1.54) is 4.68 Å². The Hall–Kier alpha value is -1.52. The fourth-order valence-electron chi connectivity index (χ4n) is 1.52. The second-order valence-corrected chi connectivity index (χ2v) is 3.93. The summed E-state index contributed by atoms with van der Waals surface area (Å²) in [6.07, 6.45) is 0.707. The maximum absolute atomic E-state index is 11.0. The van der Waals surface area contributed by atoms with E-state index in [-0.39, 0.29) is 5.69 Å². The van der Waals surface area contributed by atoms with Crippen LogP contribution >= 0.6 is 0 Å². The molecule has 0 radical (unpaired) electrons. The summed E-state index contributed by atoms with van der Waals surface area (Å²) < 4.78 is 1.44. The highest BCUT2D eigenvalue weighted by molar-refractivity contribution is 5.92. The molecule has 1 rings (SSSR count). The number of nitrogens with zero attached hydrogens (tertiary/aromatic N) is 2. The fourth-order valence-corrected chi connectivity index (χ4v) is 1.52. The second kappa shape index (κ2) is 4.33. The molecule has 1 heterocycles. The molecule has 0 aliphatic heterocycles. The van der Waals surface area contributed by atoms with Gasteiger partial charge in [0.25, 0.3) is 0 Å². The molecule has 84 valence electrons. The van der Waals surface area contributed by atoms with Gasteiger partial charge < -0.3 is 10.8 Å². The summed E-state index contributed by atoms with van der Waals surface area (Å²) in [7, 11) is 0. The van der Waals surface area contributed by atoms with Gasteiger partial charge in [-0.25, -0.2) is 4.79 Å². The highest BCUT2D eigenvalue weighted by atomic mass is 16.4. The Morgan fingerprint density at radius 2 is 2.20 bits per heavy atom. The number of carbonyl (C=O) groups is 1. The molecular weight excluding hydrogens is 194 g/mol. The van der Waals surface area contributed by atoms with E-state index < -0.39 is 5.97 Å². The van der Waals surface area contributed by atoms with Crippen LogP contribution in [-0.2, 0) is 13.0 Å². The third-order valence-electron chi connectivity index (χ3n) is 2.17. The van der Waals surface area contributed by atoms with Crippen molar-refractivity contribution in [2.24, 2.45) is 5.92 Å². The van der Waals surface area contributed by atoms with E-state index in [1.54, 1.807) is 0 Å². The molecule has 0 spiro atoms. The van der Waals surface area contributed by atoms with Gasteiger partial charge in [0.15, 0.2) is 5.69 Å². The number of hydrogen-bond donors (Lipinski definition) is 2. The summed E-state index contributed by atoms with van der Waals surface area (Å²) in [5, 5.41) is 13.2. The molecular formula is C10H17N3O2. The molecule has 0 fully saturated rings. The number of aromatic carboxylic acids is 1. The van der Waals surface area contributed by atoms with Gasteiger partial charge in [0.2, 0.25) is 0 Å². The number of aromatic nitrogens is 2. The minimum Gasteiger partial charge on any atom is -0.476 e. The van der Waals surface area contributed by atoms with Crippen LogP contribution in [0.25, 0.3) is 0 Å². The molecule has 3 N–H and O–H groups in total. The van der Waals surface area contributed by atoms with Gasteiger partial charge in [0.1, 0.15) is 0 Å². The van der Waals surface area contributed by atoms with Gasteiger partial charge in [-0.05, 0) is 19.3 Å². The Labute approximate surface area is 88.9 Å². The molecule has 0 aliphatic rings. The molecule has 0 saturated carbocycles. The average molecular weight is 211 g/mol. The van der Waals surface area contributed by atoms with Crippen LogP contribution < -0.4 is 5.73 Å². The Balaban J connectivity index is 3.16. The standard InChI is InChI=1S/C10H17N3O2/c1-4-13-9(10(14)15)8(11)7(12-13)5-6(2)3/h6H,4-5,11H2,1-3H3,(H,14,15). The van der Waals surface area contributed by atoms with Crippen molar-refractivity contribution in [3.8, 4) is 0 Å². The van der Waals surface area contributed by atoms with E-state index in [0.717, 1.165) is 0 Å². The summed E-state index contributed by atoms with van der Waals surface area (Å²) in [6.45, 7) is 6.46. The van der Waals surface area contributed by atoms with Crippen LogP contribution in [0.2, 0.25) is 0 Å². The van der Waals surface area contributed by atoms with Gasteiger partial charge in [-0.1, -0.05) is 13.8 Å². The first-order valence-corrected chi connectivity index (χ1v) is 5.05. The van der Waals surface area contributed by atoms with Gasteiger partial charge in [0, 0.05) is 6.54 Å². The third kappa shape index (κ3) is 2.29. The molecule has 0 aliphatic carbocycles. The molecule has 15 heavy (non-hydrogen) atoms. The average Bonchev–Trinajstić information content (AvgIpc) is 2.42. The number of aryl methyl sites for hydroxylation is 1. The van der Waals surface area contributed by atoms with E-state index in [9.17, 15) is 4.79 Å². The Morgan fingerprint density at radius 1 is 1.60 bits per heavy atom. The van der Waals surface area contributed by atoms with Crippen LogP contribution in [0, 0.1) is 5.92 Å². The topological polar surface area (TPSA) is 81.1 Å². The van der Waals surface area contributed by atoms with Crippen molar-refractivity contribution in [2.45, 2.75) is 33.7 Å². The van der Waals surface area contributed by atoms with Crippen molar-refractivity contribution in [1.29, 1.82) is 0 Å². The largest absolute Gasteiger partial charge is 0.476 e. The van der Waals surface area contributed by atoms with E-state index in [1.807, 2.05) is 20.8 Å². The van der Waals surface area contributed by atoms with Crippen molar-refractivity contribution in [3.63, 3.8) is 0 Å². The molecule has 0 saturated heterocycles. The molecule has 1 aromatic heterocycles. The first-order valence-electron chi connectivity index (χ1n) is 5.05. The van der Waals surface area contributed by atoms with Crippen LogP contribution in [0.15, 0.2) is 0 Å². The smallest absolute Gasteiger partial charge is 0.356 e. The highest BCUT2D eigenvalue weighted by Gasteiger charge is 2.20. The van der Waals surface area contributed by atoms with E-state index in [2.05, 4.69) is 5.10 Å². The van der Waals surface area contributed by atoms with Gasteiger partial charge >= 0.3 is 5.97 Å². The van der Waals surface area contributed by atoms with Crippen LogP contribution in [0.1, 0.15) is 37.0 Å². The van der Waals surface area contributed by atoms with Crippen molar-refractivity contribution < 1.29 is 9.90 Å². The number of anilines is 1. The second-order valence-electron chi connectivity index (χ2n) is 3.93. The number of rotatable bonds is 4. The van der Waals surface area contributed by atoms with Gasteiger partial charge in [-0.3, -0.25) is 4.68 Å². The molecule has 0 amide bonds. The molecule has 0 bridgehead atoms. The number of nitrogens with two attached hydrogens (primary N) is 1. The van der Waals surface area contributed by atoms with Crippen molar-refractivity contribution >= 4 is 11.7 Å². The summed E-state index contributed by atoms with van der Waals surface area (Å²) in [5.41, 5.74) is 6.86. The highest BCUT2D eigenvalue weighted by Crippen LogP contribution is 2.20. The van der Waals surface area contributed by atoms with Crippen LogP contribution in [0.4, 0.5) is 5.69 Å². The molecule has 5 heteroatoms. The quantitative estimate of drug-likeness (QED) is 0.788. The van der Waals surface area contributed by atoms with E-state index in [4.69, 9.17) is 10.8 Å². The summed E-state index contributed by atoms with van der Waals surface area (Å²) in [6, 6.07) is 0. The summed E-state index contributed by atoms with van der Waals surface area (Å²) in [5.74, 6) is -0.606. The van der Waals surface area contributed by atoms with Gasteiger partial charge in [-0.2, -0.15) is 5.10 Å². The SMILES string of the molecule is CCn1nc(CC(C)C)c(N)c1C(=O)O. The minimum absolute atomic E-state index is 0.105. The molecule has 1 aromatic rings. The molecule has 5 nitrogen and oxygen atoms in total. The van der Waals surface area contributed by atoms with Crippen molar-refractivity contribution in [1.82, 2.24) is 9.78 Å². The lowest BCUT2D eigenvalue weighted by molar-refractivity contribution is 0.0684. The van der Waals surface area contributed by atoms with E-state index in [0.29, 0.717) is 30.3 Å². The number of hydrogen-bond acceptors (Lipinski definition) is 3. The zero-order valence-corrected chi connectivity index (χ0v) is 9.32. The van der Waals surface area contributed by atoms with Crippen LogP contribution in [0.3, 0.4) is 0 Å². The number of carboxylic acid groups (broad SMARTS) is 1. The lowest BCUT2D eigenvalue weighted by Crippen LogP contribution is -2.10. The Kier molecular flexibility index (Phi) is 3.34. The lowest BCUT2D eigenvalue weighted by Gasteiger charge is -2.00. The lowest BCUT2D eigenvalue weighted by atomic mass is 10.1. The monoisotopic (exact) mass is 211 g/mol. The number of carboxylic acids is 1. The Bertz CT molecular complexity index is 369.